The normalized spacial score (nSPS) is 10.7. The van der Waals surface area contributed by atoms with Gasteiger partial charge in [-0.2, -0.15) is 5.26 Å². The molecule has 0 fully saturated rings. The van der Waals surface area contributed by atoms with Crippen molar-refractivity contribution in [2.75, 3.05) is 23.0 Å². The van der Waals surface area contributed by atoms with Crippen molar-refractivity contribution in [1.82, 2.24) is 0 Å². The summed E-state index contributed by atoms with van der Waals surface area (Å²) in [5.74, 6) is 0. The van der Waals surface area contributed by atoms with E-state index in [1.54, 1.807) is 51.1 Å². The van der Waals surface area contributed by atoms with Crippen molar-refractivity contribution in [3.05, 3.63) is 48.0 Å². The molecule has 25 heavy (non-hydrogen) atoms. The third-order valence-corrected chi connectivity index (χ3v) is 3.42. The second-order valence-corrected chi connectivity index (χ2v) is 6.62. The first-order valence-electron chi connectivity index (χ1n) is 7.83. The summed E-state index contributed by atoms with van der Waals surface area (Å²) in [6, 6.07) is 14.5. The van der Waals surface area contributed by atoms with E-state index in [0.717, 1.165) is 11.4 Å². The zero-order valence-electron chi connectivity index (χ0n) is 14.8. The van der Waals surface area contributed by atoms with E-state index in [2.05, 4.69) is 11.4 Å². The van der Waals surface area contributed by atoms with E-state index in [4.69, 9.17) is 15.7 Å². The van der Waals surface area contributed by atoms with Crippen molar-refractivity contribution >= 4 is 28.8 Å². The topological polar surface area (TPSA) is 91.4 Å². The number of hydrogen-bond donors (Lipinski definition) is 2. The van der Waals surface area contributed by atoms with Crippen molar-refractivity contribution in [2.45, 2.75) is 26.4 Å². The van der Waals surface area contributed by atoms with Gasteiger partial charge in [0.15, 0.2) is 0 Å². The lowest BCUT2D eigenvalue weighted by atomic mass is 10.1. The number of nitriles is 1. The van der Waals surface area contributed by atoms with Crippen LogP contribution in [0, 0.1) is 11.3 Å². The lowest BCUT2D eigenvalue weighted by molar-refractivity contribution is 0.0636. The van der Waals surface area contributed by atoms with Gasteiger partial charge in [0.25, 0.3) is 0 Å². The monoisotopic (exact) mass is 338 g/mol. The summed E-state index contributed by atoms with van der Waals surface area (Å²) >= 11 is 0. The predicted molar refractivity (Wildman–Crippen MR) is 99.9 cm³/mol. The van der Waals surface area contributed by atoms with Gasteiger partial charge in [0, 0.05) is 18.4 Å². The molecule has 2 aromatic carbocycles. The Labute approximate surface area is 147 Å². The van der Waals surface area contributed by atoms with Crippen LogP contribution in [-0.4, -0.2) is 18.7 Å². The first-order chi connectivity index (χ1) is 11.7. The molecule has 0 spiro atoms. The maximum atomic E-state index is 11.9. The molecule has 130 valence electrons. The summed E-state index contributed by atoms with van der Waals surface area (Å²) in [7, 11) is 1.87. The number of amides is 1. The van der Waals surface area contributed by atoms with Crippen LogP contribution in [0.1, 0.15) is 26.3 Å². The molecule has 2 aromatic rings. The quantitative estimate of drug-likeness (QED) is 0.816. The Morgan fingerprint density at radius 2 is 1.84 bits per heavy atom. The fourth-order valence-electron chi connectivity index (χ4n) is 2.23. The van der Waals surface area contributed by atoms with E-state index in [-0.39, 0.29) is 0 Å². The van der Waals surface area contributed by atoms with Crippen molar-refractivity contribution in [1.29, 1.82) is 5.26 Å². The Morgan fingerprint density at radius 1 is 1.20 bits per heavy atom. The van der Waals surface area contributed by atoms with E-state index in [9.17, 15) is 4.79 Å². The van der Waals surface area contributed by atoms with Crippen LogP contribution in [0.4, 0.5) is 27.5 Å². The van der Waals surface area contributed by atoms with E-state index in [1.165, 1.54) is 0 Å². The lowest BCUT2D eigenvalue weighted by Crippen LogP contribution is -2.27. The Bertz CT molecular complexity index is 802. The van der Waals surface area contributed by atoms with Crippen molar-refractivity contribution in [3.8, 4) is 6.07 Å². The molecule has 1 amide bonds. The van der Waals surface area contributed by atoms with Gasteiger partial charge in [0.1, 0.15) is 5.60 Å². The van der Waals surface area contributed by atoms with Crippen LogP contribution in [0.3, 0.4) is 0 Å². The van der Waals surface area contributed by atoms with Gasteiger partial charge in [-0.3, -0.25) is 5.32 Å². The molecular formula is C19H22N4O2. The van der Waals surface area contributed by atoms with Crippen LogP contribution >= 0.6 is 0 Å². The SMILES string of the molecule is CN(c1ccc(C#N)cc1)c1cc(NC(=O)OC(C)(C)C)ccc1N. The summed E-state index contributed by atoms with van der Waals surface area (Å²) in [6.07, 6.45) is -0.524. The molecule has 6 heteroatoms. The van der Waals surface area contributed by atoms with Gasteiger partial charge in [-0.05, 0) is 63.2 Å². The molecule has 0 atom stereocenters. The van der Waals surface area contributed by atoms with Crippen LogP contribution in [0.5, 0.6) is 0 Å². The molecule has 0 aromatic heterocycles. The van der Waals surface area contributed by atoms with Crippen LogP contribution < -0.4 is 16.0 Å². The highest BCUT2D eigenvalue weighted by atomic mass is 16.6. The number of anilines is 4. The Morgan fingerprint density at radius 3 is 2.40 bits per heavy atom. The first-order valence-corrected chi connectivity index (χ1v) is 7.83. The van der Waals surface area contributed by atoms with Crippen molar-refractivity contribution in [3.63, 3.8) is 0 Å². The van der Waals surface area contributed by atoms with Gasteiger partial charge >= 0.3 is 6.09 Å². The highest BCUT2D eigenvalue weighted by Gasteiger charge is 2.17. The number of ether oxygens (including phenoxy) is 1. The number of nitrogens with two attached hydrogens (primary N) is 1. The molecule has 0 heterocycles. The molecule has 0 radical (unpaired) electrons. The van der Waals surface area contributed by atoms with Gasteiger partial charge in [-0.25, -0.2) is 4.79 Å². The fourth-order valence-corrected chi connectivity index (χ4v) is 2.23. The number of nitrogens with one attached hydrogen (secondary N) is 1. The van der Waals surface area contributed by atoms with Crippen LogP contribution in [-0.2, 0) is 4.74 Å². The van der Waals surface area contributed by atoms with Crippen LogP contribution in [0.25, 0.3) is 0 Å². The average Bonchev–Trinajstić information content (AvgIpc) is 2.54. The number of nitrogen functional groups attached to an aromatic ring is 1. The molecule has 0 aliphatic carbocycles. The fraction of sp³-hybridized carbons (Fsp3) is 0.263. The van der Waals surface area contributed by atoms with E-state index in [1.807, 2.05) is 24.1 Å². The number of benzene rings is 2. The minimum Gasteiger partial charge on any atom is -0.444 e. The zero-order chi connectivity index (χ0) is 18.6. The summed E-state index contributed by atoms with van der Waals surface area (Å²) < 4.78 is 5.26. The second kappa shape index (κ2) is 7.14. The molecule has 0 saturated heterocycles. The molecular weight excluding hydrogens is 316 g/mol. The number of carbonyl (C=O) groups excluding carboxylic acids is 1. The Balaban J connectivity index is 2.23. The maximum absolute atomic E-state index is 11.9. The number of rotatable bonds is 3. The van der Waals surface area contributed by atoms with Crippen LogP contribution in [0.2, 0.25) is 0 Å². The maximum Gasteiger partial charge on any atom is 0.412 e. The molecule has 0 bridgehead atoms. The van der Waals surface area contributed by atoms with Gasteiger partial charge in [-0.15, -0.1) is 0 Å². The van der Waals surface area contributed by atoms with Gasteiger partial charge in [0.2, 0.25) is 0 Å². The Kier molecular flexibility index (Phi) is 5.18. The van der Waals surface area contributed by atoms with E-state index >= 15 is 0 Å². The number of carbonyl (C=O) groups is 1. The number of nitrogens with zero attached hydrogens (tertiary/aromatic N) is 2. The third-order valence-electron chi connectivity index (χ3n) is 3.42. The highest BCUT2D eigenvalue weighted by Crippen LogP contribution is 2.31. The molecule has 6 nitrogen and oxygen atoms in total. The molecule has 3 N–H and O–H groups in total. The molecule has 2 rings (SSSR count). The van der Waals surface area contributed by atoms with Gasteiger partial charge in [-0.1, -0.05) is 0 Å². The van der Waals surface area contributed by atoms with E-state index < -0.39 is 11.7 Å². The largest absolute Gasteiger partial charge is 0.444 e. The summed E-state index contributed by atoms with van der Waals surface area (Å²) in [5, 5.41) is 11.6. The smallest absolute Gasteiger partial charge is 0.412 e. The first kappa shape index (κ1) is 18.1. The summed E-state index contributed by atoms with van der Waals surface area (Å²) in [4.78, 5) is 13.8. The average molecular weight is 338 g/mol. The zero-order valence-corrected chi connectivity index (χ0v) is 14.8. The minimum absolute atomic E-state index is 0.524. The third kappa shape index (κ3) is 4.88. The standard InChI is InChI=1S/C19H22N4O2/c1-19(2,3)25-18(24)22-14-7-10-16(21)17(11-14)23(4)15-8-5-13(12-20)6-9-15/h5-11H,21H2,1-4H3,(H,22,24). The van der Waals surface area contributed by atoms with Gasteiger partial charge < -0.3 is 15.4 Å². The van der Waals surface area contributed by atoms with E-state index in [0.29, 0.717) is 16.9 Å². The Hall–Kier alpha value is -3.20. The van der Waals surface area contributed by atoms with Crippen molar-refractivity contribution in [2.24, 2.45) is 0 Å². The minimum atomic E-state index is -0.569. The second-order valence-electron chi connectivity index (χ2n) is 6.62. The summed E-state index contributed by atoms with van der Waals surface area (Å²) in [5.41, 5.74) is 8.86. The van der Waals surface area contributed by atoms with Gasteiger partial charge in [0.05, 0.1) is 23.0 Å². The van der Waals surface area contributed by atoms with Crippen LogP contribution in [0.15, 0.2) is 42.5 Å². The molecule has 0 unspecified atom stereocenters. The highest BCUT2D eigenvalue weighted by molar-refractivity contribution is 5.88. The predicted octanol–water partition coefficient (Wildman–Crippen LogP) is 4.26. The summed E-state index contributed by atoms with van der Waals surface area (Å²) in [6.45, 7) is 5.42. The lowest BCUT2D eigenvalue weighted by Gasteiger charge is -2.23. The number of hydrogen-bond acceptors (Lipinski definition) is 5. The van der Waals surface area contributed by atoms with Crippen molar-refractivity contribution < 1.29 is 9.53 Å². The molecule has 0 saturated carbocycles. The molecule has 0 aliphatic rings. The molecule has 0 aliphatic heterocycles.